The molecule has 0 spiro atoms. The Kier molecular flexibility index (Phi) is 3.76. The first-order valence-corrected chi connectivity index (χ1v) is 7.84. The van der Waals surface area contributed by atoms with Gasteiger partial charge in [0.2, 0.25) is 0 Å². The van der Waals surface area contributed by atoms with Crippen molar-refractivity contribution in [3.05, 3.63) is 62.8 Å². The Bertz CT molecular complexity index is 817. The van der Waals surface area contributed by atoms with Crippen LogP contribution in [0.5, 0.6) is 0 Å². The topological polar surface area (TPSA) is 20.7 Å². The number of halogens is 1. The highest BCUT2D eigenvalue weighted by molar-refractivity contribution is 9.10. The molecule has 0 unspecified atom stereocenters. The molecule has 2 aromatic carbocycles. The van der Waals surface area contributed by atoms with Gasteiger partial charge in [-0.25, -0.2) is 0 Å². The lowest BCUT2D eigenvalue weighted by Crippen LogP contribution is -2.02. The first kappa shape index (κ1) is 13.6. The Hall–Kier alpha value is -1.39. The molecule has 0 aliphatic carbocycles. The number of nitrogens with zero attached hydrogens (tertiary/aromatic N) is 1. The van der Waals surface area contributed by atoms with Crippen molar-refractivity contribution in [1.82, 2.24) is 9.55 Å². The molecule has 0 saturated heterocycles. The van der Waals surface area contributed by atoms with Crippen molar-refractivity contribution in [2.75, 3.05) is 0 Å². The number of aromatic amines is 1. The van der Waals surface area contributed by atoms with Gasteiger partial charge < -0.3 is 9.55 Å². The van der Waals surface area contributed by atoms with E-state index in [1.165, 1.54) is 11.1 Å². The van der Waals surface area contributed by atoms with Crippen molar-refractivity contribution in [3.8, 4) is 0 Å². The fraction of sp³-hybridized carbons (Fsp3) is 0.188. The van der Waals surface area contributed by atoms with Crippen molar-refractivity contribution < 1.29 is 0 Å². The molecule has 0 aliphatic heterocycles. The maximum absolute atomic E-state index is 5.47. The second-order valence-electron chi connectivity index (χ2n) is 4.80. The summed E-state index contributed by atoms with van der Waals surface area (Å²) in [6, 6.07) is 14.8. The highest BCUT2D eigenvalue weighted by atomic mass is 79.9. The maximum Gasteiger partial charge on any atom is 0.178 e. The zero-order valence-corrected chi connectivity index (χ0v) is 13.6. The predicted octanol–water partition coefficient (Wildman–Crippen LogP) is 5.07. The van der Waals surface area contributed by atoms with Gasteiger partial charge in [0.1, 0.15) is 0 Å². The fourth-order valence-electron chi connectivity index (χ4n) is 2.52. The van der Waals surface area contributed by atoms with E-state index in [0.29, 0.717) is 0 Å². The Balaban J connectivity index is 2.11. The average molecular weight is 347 g/mol. The van der Waals surface area contributed by atoms with E-state index in [0.717, 1.165) is 33.2 Å². The molecule has 3 aromatic rings. The number of hydrogen-bond donors (Lipinski definition) is 1. The highest BCUT2D eigenvalue weighted by Crippen LogP contribution is 2.21. The smallest absolute Gasteiger partial charge is 0.178 e. The summed E-state index contributed by atoms with van der Waals surface area (Å²) >= 11 is 8.96. The van der Waals surface area contributed by atoms with Crippen LogP contribution in [-0.2, 0) is 13.0 Å². The number of benzene rings is 2. The number of nitrogens with one attached hydrogen (secondary N) is 1. The second-order valence-corrected chi connectivity index (χ2v) is 6.10. The zero-order chi connectivity index (χ0) is 14.1. The minimum absolute atomic E-state index is 0.768. The lowest BCUT2D eigenvalue weighted by molar-refractivity contribution is 0.799. The molecule has 1 aromatic heterocycles. The summed E-state index contributed by atoms with van der Waals surface area (Å²) < 4.78 is 3.98. The Labute approximate surface area is 131 Å². The second kappa shape index (κ2) is 5.54. The fourth-order valence-corrected chi connectivity index (χ4v) is 3.15. The molecule has 102 valence electrons. The predicted molar refractivity (Wildman–Crippen MR) is 89.7 cm³/mol. The van der Waals surface area contributed by atoms with Crippen LogP contribution < -0.4 is 0 Å². The molecule has 0 aliphatic rings. The first-order valence-electron chi connectivity index (χ1n) is 6.64. The number of aryl methyl sites for hydroxylation is 1. The van der Waals surface area contributed by atoms with Crippen LogP contribution in [0.25, 0.3) is 11.0 Å². The van der Waals surface area contributed by atoms with Gasteiger partial charge in [0, 0.05) is 4.47 Å². The van der Waals surface area contributed by atoms with Crippen LogP contribution in [0.1, 0.15) is 18.1 Å². The van der Waals surface area contributed by atoms with Gasteiger partial charge in [-0.1, -0.05) is 47.1 Å². The Morgan fingerprint density at radius 1 is 1.15 bits per heavy atom. The van der Waals surface area contributed by atoms with Gasteiger partial charge >= 0.3 is 0 Å². The maximum atomic E-state index is 5.47. The number of rotatable bonds is 3. The van der Waals surface area contributed by atoms with E-state index < -0.39 is 0 Å². The molecule has 0 saturated carbocycles. The van der Waals surface area contributed by atoms with E-state index in [2.05, 4.69) is 68.8 Å². The van der Waals surface area contributed by atoms with Crippen LogP contribution in [0, 0.1) is 4.77 Å². The van der Waals surface area contributed by atoms with Crippen molar-refractivity contribution >= 4 is 39.2 Å². The van der Waals surface area contributed by atoms with Crippen LogP contribution in [0.15, 0.2) is 46.9 Å². The summed E-state index contributed by atoms with van der Waals surface area (Å²) in [6.07, 6.45) is 1.04. The molecule has 0 amide bonds. The van der Waals surface area contributed by atoms with Gasteiger partial charge in [-0.3, -0.25) is 0 Å². The van der Waals surface area contributed by atoms with Gasteiger partial charge in [-0.05, 0) is 48.0 Å². The third kappa shape index (κ3) is 2.45. The van der Waals surface area contributed by atoms with Crippen LogP contribution in [-0.4, -0.2) is 9.55 Å². The van der Waals surface area contributed by atoms with E-state index >= 15 is 0 Å². The van der Waals surface area contributed by atoms with Crippen LogP contribution in [0.4, 0.5) is 0 Å². The molecule has 4 heteroatoms. The summed E-state index contributed by atoms with van der Waals surface area (Å²) in [5, 5.41) is 0. The molecule has 0 bridgehead atoms. The number of H-pyrrole nitrogens is 1. The third-order valence-corrected chi connectivity index (χ3v) is 4.38. The Morgan fingerprint density at radius 3 is 2.65 bits per heavy atom. The van der Waals surface area contributed by atoms with Crippen molar-refractivity contribution in [2.45, 2.75) is 19.9 Å². The minimum atomic E-state index is 0.768. The summed E-state index contributed by atoms with van der Waals surface area (Å²) in [7, 11) is 0. The van der Waals surface area contributed by atoms with Crippen molar-refractivity contribution in [3.63, 3.8) is 0 Å². The van der Waals surface area contributed by atoms with Crippen LogP contribution in [0.3, 0.4) is 0 Å². The summed E-state index contributed by atoms with van der Waals surface area (Å²) in [6.45, 7) is 2.99. The van der Waals surface area contributed by atoms with E-state index in [1.54, 1.807) is 0 Å². The van der Waals surface area contributed by atoms with E-state index in [1.807, 2.05) is 6.07 Å². The molecule has 0 radical (unpaired) electrons. The molecule has 20 heavy (non-hydrogen) atoms. The molecular formula is C16H15BrN2S. The molecule has 3 rings (SSSR count). The Morgan fingerprint density at radius 2 is 1.90 bits per heavy atom. The minimum Gasteiger partial charge on any atom is -0.331 e. The van der Waals surface area contributed by atoms with Gasteiger partial charge in [-0.2, -0.15) is 0 Å². The van der Waals surface area contributed by atoms with Gasteiger partial charge in [0.25, 0.3) is 0 Å². The lowest BCUT2D eigenvalue weighted by atomic mass is 10.1. The van der Waals surface area contributed by atoms with Crippen LogP contribution >= 0.6 is 28.1 Å². The summed E-state index contributed by atoms with van der Waals surface area (Å²) in [4.78, 5) is 3.27. The van der Waals surface area contributed by atoms with Gasteiger partial charge in [0.15, 0.2) is 4.77 Å². The number of imidazole rings is 1. The van der Waals surface area contributed by atoms with Gasteiger partial charge in [0.05, 0.1) is 17.6 Å². The van der Waals surface area contributed by atoms with Crippen LogP contribution in [0.2, 0.25) is 0 Å². The zero-order valence-electron chi connectivity index (χ0n) is 11.2. The molecule has 0 atom stereocenters. The molecule has 1 heterocycles. The molecule has 1 N–H and O–H groups in total. The highest BCUT2D eigenvalue weighted by Gasteiger charge is 2.07. The summed E-state index contributed by atoms with van der Waals surface area (Å²) in [5.41, 5.74) is 4.92. The van der Waals surface area contributed by atoms with Crippen molar-refractivity contribution in [1.29, 1.82) is 0 Å². The normalized spacial score (nSPS) is 11.1. The molecular weight excluding hydrogens is 332 g/mol. The lowest BCUT2D eigenvalue weighted by Gasteiger charge is -2.09. The average Bonchev–Trinajstić information content (AvgIpc) is 2.75. The van der Waals surface area contributed by atoms with E-state index in [4.69, 9.17) is 12.2 Å². The van der Waals surface area contributed by atoms with E-state index in [9.17, 15) is 0 Å². The van der Waals surface area contributed by atoms with Crippen molar-refractivity contribution in [2.24, 2.45) is 0 Å². The monoisotopic (exact) mass is 346 g/mol. The van der Waals surface area contributed by atoms with E-state index in [-0.39, 0.29) is 0 Å². The third-order valence-electron chi connectivity index (χ3n) is 3.56. The number of hydrogen-bond acceptors (Lipinski definition) is 1. The number of fused-ring (bicyclic) bond motifs is 1. The largest absolute Gasteiger partial charge is 0.331 e. The summed E-state index contributed by atoms with van der Waals surface area (Å²) in [5.74, 6) is 0. The molecule has 0 fully saturated rings. The standard InChI is InChI=1S/C16H15BrN2S/c1-2-11-5-3-4-6-12(11)10-19-15-8-7-13(17)9-14(15)18-16(19)20/h3-9H,2,10H2,1H3,(H,18,20). The SMILES string of the molecule is CCc1ccccc1Cn1c(=S)[nH]c2cc(Br)ccc21. The first-order chi connectivity index (χ1) is 9.69. The van der Waals surface area contributed by atoms with Gasteiger partial charge in [-0.15, -0.1) is 0 Å². The molecule has 2 nitrogen and oxygen atoms in total. The number of aromatic nitrogens is 2. The quantitative estimate of drug-likeness (QED) is 0.656.